The number of hydrogen-bond donors (Lipinski definition) is 1. The molecular weight excluding hydrogens is 436 g/mol. The van der Waals surface area contributed by atoms with Gasteiger partial charge in [0.25, 0.3) is 5.56 Å². The molecule has 0 atom stereocenters. The number of ether oxygens (including phenoxy) is 1. The van der Waals surface area contributed by atoms with E-state index in [1.165, 1.54) is 23.5 Å². The number of H-pyrrole nitrogens is 1. The molecule has 0 unspecified atom stereocenters. The van der Waals surface area contributed by atoms with Crippen molar-refractivity contribution in [2.75, 3.05) is 13.7 Å². The van der Waals surface area contributed by atoms with Crippen molar-refractivity contribution in [3.8, 4) is 5.75 Å². The topological polar surface area (TPSA) is 79.5 Å². The first-order valence-electron chi connectivity index (χ1n) is 10.7. The zero-order valence-corrected chi connectivity index (χ0v) is 19.4. The number of pyridine rings is 1. The second-order valence-corrected chi connectivity index (χ2v) is 9.90. The smallest absolute Gasteiger partial charge is 0.252 e. The molecule has 0 spiro atoms. The summed E-state index contributed by atoms with van der Waals surface area (Å²) in [5.41, 5.74) is 2.91. The van der Waals surface area contributed by atoms with Gasteiger partial charge in [0.15, 0.2) is 0 Å². The van der Waals surface area contributed by atoms with E-state index in [0.717, 1.165) is 22.0 Å². The molecule has 0 saturated carbocycles. The first-order valence-corrected chi connectivity index (χ1v) is 12.1. The molecule has 7 heteroatoms. The number of aromatic nitrogens is 1. The van der Waals surface area contributed by atoms with Crippen LogP contribution in [0.4, 0.5) is 0 Å². The molecule has 33 heavy (non-hydrogen) atoms. The predicted molar refractivity (Wildman–Crippen MR) is 130 cm³/mol. The maximum atomic E-state index is 13.6. The van der Waals surface area contributed by atoms with Crippen molar-refractivity contribution in [1.29, 1.82) is 0 Å². The Morgan fingerprint density at radius 3 is 2.36 bits per heavy atom. The van der Waals surface area contributed by atoms with Gasteiger partial charge >= 0.3 is 0 Å². The molecule has 0 radical (unpaired) electrons. The molecule has 1 N–H and O–H groups in total. The van der Waals surface area contributed by atoms with E-state index in [-0.39, 0.29) is 23.5 Å². The van der Waals surface area contributed by atoms with Gasteiger partial charge in [0.05, 0.1) is 12.0 Å². The first-order chi connectivity index (χ1) is 15.9. The Balaban J connectivity index is 1.70. The zero-order chi connectivity index (χ0) is 23.4. The van der Waals surface area contributed by atoms with Gasteiger partial charge in [-0.15, -0.1) is 0 Å². The Kier molecular flexibility index (Phi) is 6.62. The van der Waals surface area contributed by atoms with Gasteiger partial charge in [-0.05, 0) is 66.3 Å². The molecule has 0 aliphatic carbocycles. The number of nitrogens with one attached hydrogen (secondary N) is 1. The van der Waals surface area contributed by atoms with E-state index in [1.54, 1.807) is 18.2 Å². The van der Waals surface area contributed by atoms with Crippen LogP contribution in [0.15, 0.2) is 88.6 Å². The molecule has 0 bridgehead atoms. The molecule has 0 aliphatic rings. The average Bonchev–Trinajstić information content (AvgIpc) is 2.82. The Labute approximate surface area is 193 Å². The predicted octanol–water partition coefficient (Wildman–Crippen LogP) is 4.28. The second kappa shape index (κ2) is 9.60. The zero-order valence-electron chi connectivity index (χ0n) is 18.6. The van der Waals surface area contributed by atoms with Crippen molar-refractivity contribution in [3.63, 3.8) is 0 Å². The van der Waals surface area contributed by atoms with Gasteiger partial charge in [-0.25, -0.2) is 8.42 Å². The van der Waals surface area contributed by atoms with Crippen molar-refractivity contribution in [2.45, 2.75) is 24.8 Å². The number of hydrogen-bond acceptors (Lipinski definition) is 4. The van der Waals surface area contributed by atoms with Crippen LogP contribution in [0.2, 0.25) is 0 Å². The van der Waals surface area contributed by atoms with Crippen molar-refractivity contribution in [1.82, 2.24) is 9.29 Å². The first kappa shape index (κ1) is 22.8. The molecule has 0 fully saturated rings. The summed E-state index contributed by atoms with van der Waals surface area (Å²) in [6.07, 6.45) is 0.529. The minimum atomic E-state index is -3.85. The Hall–Kier alpha value is -3.42. The van der Waals surface area contributed by atoms with Crippen LogP contribution >= 0.6 is 0 Å². The lowest BCUT2D eigenvalue weighted by Crippen LogP contribution is -2.34. The van der Waals surface area contributed by atoms with Crippen LogP contribution in [0, 0.1) is 6.92 Å². The van der Waals surface area contributed by atoms with E-state index in [2.05, 4.69) is 4.98 Å². The molecule has 0 aliphatic heterocycles. The summed E-state index contributed by atoms with van der Waals surface area (Å²) >= 11 is 0. The van der Waals surface area contributed by atoms with Gasteiger partial charge in [0.1, 0.15) is 5.75 Å². The maximum Gasteiger partial charge on any atom is 0.252 e. The minimum Gasteiger partial charge on any atom is -0.497 e. The highest BCUT2D eigenvalue weighted by Crippen LogP contribution is 2.22. The largest absolute Gasteiger partial charge is 0.497 e. The third kappa shape index (κ3) is 5.16. The normalized spacial score (nSPS) is 11.7. The molecule has 4 rings (SSSR count). The Morgan fingerprint density at radius 2 is 1.67 bits per heavy atom. The molecule has 4 aromatic rings. The van der Waals surface area contributed by atoms with Crippen molar-refractivity contribution >= 4 is 20.9 Å². The fourth-order valence-electron chi connectivity index (χ4n) is 3.75. The van der Waals surface area contributed by atoms with Gasteiger partial charge in [-0.3, -0.25) is 4.79 Å². The molecule has 0 amide bonds. The molecule has 1 heterocycles. The summed E-state index contributed by atoms with van der Waals surface area (Å²) in [6.45, 7) is 2.17. The maximum absolute atomic E-state index is 13.6. The Morgan fingerprint density at radius 1 is 0.939 bits per heavy atom. The van der Waals surface area contributed by atoms with Crippen LogP contribution in [-0.4, -0.2) is 31.4 Å². The number of aryl methyl sites for hydroxylation is 1. The van der Waals surface area contributed by atoms with Crippen LogP contribution in [0.25, 0.3) is 10.9 Å². The Bertz CT molecular complexity index is 1410. The van der Waals surface area contributed by atoms with Crippen LogP contribution in [0.1, 0.15) is 16.7 Å². The van der Waals surface area contributed by atoms with Crippen LogP contribution < -0.4 is 10.3 Å². The SMILES string of the molecule is COc1ccc(S(=O)(=O)N(CCc2ccccc2)Cc2cc3ccc(C)cc3[nH]c2=O)cc1. The third-order valence-corrected chi connectivity index (χ3v) is 7.47. The number of aromatic amines is 1. The molecule has 6 nitrogen and oxygen atoms in total. The van der Waals surface area contributed by atoms with Gasteiger partial charge in [0.2, 0.25) is 10.0 Å². The standard InChI is InChI=1S/C26H26N2O4S/c1-19-8-9-21-17-22(26(29)27-25(21)16-19)18-28(15-14-20-6-4-3-5-7-20)33(30,31)24-12-10-23(32-2)11-13-24/h3-13,16-17H,14-15,18H2,1-2H3,(H,27,29). The van der Waals surface area contributed by atoms with E-state index < -0.39 is 10.0 Å². The van der Waals surface area contributed by atoms with Gasteiger partial charge in [0, 0.05) is 24.2 Å². The molecule has 170 valence electrons. The van der Waals surface area contributed by atoms with Crippen molar-refractivity contribution in [2.24, 2.45) is 0 Å². The van der Waals surface area contributed by atoms with Gasteiger partial charge in [-0.1, -0.05) is 42.5 Å². The molecule has 1 aromatic heterocycles. The van der Waals surface area contributed by atoms with Crippen LogP contribution in [-0.2, 0) is 23.0 Å². The fraction of sp³-hybridized carbons (Fsp3) is 0.192. The third-order valence-electron chi connectivity index (χ3n) is 5.61. The van der Waals surface area contributed by atoms with E-state index in [9.17, 15) is 13.2 Å². The molecule has 0 saturated heterocycles. The summed E-state index contributed by atoms with van der Waals surface area (Å²) in [5, 5.41) is 0.861. The summed E-state index contributed by atoms with van der Waals surface area (Å²) in [5.74, 6) is 0.575. The lowest BCUT2D eigenvalue weighted by molar-refractivity contribution is 0.406. The average molecular weight is 463 g/mol. The second-order valence-electron chi connectivity index (χ2n) is 7.96. The highest BCUT2D eigenvalue weighted by Gasteiger charge is 2.25. The minimum absolute atomic E-state index is 0.0274. The monoisotopic (exact) mass is 462 g/mol. The molecular formula is C26H26N2O4S. The van der Waals surface area contributed by atoms with E-state index >= 15 is 0 Å². The van der Waals surface area contributed by atoms with Crippen molar-refractivity contribution < 1.29 is 13.2 Å². The van der Waals surface area contributed by atoms with E-state index in [4.69, 9.17) is 4.74 Å². The highest BCUT2D eigenvalue weighted by atomic mass is 32.2. The number of nitrogens with zero attached hydrogens (tertiary/aromatic N) is 1. The van der Waals surface area contributed by atoms with Crippen molar-refractivity contribution in [3.05, 3.63) is 106 Å². The lowest BCUT2D eigenvalue weighted by atomic mass is 10.1. The summed E-state index contributed by atoms with van der Waals surface area (Å²) in [6, 6.07) is 23.5. The van der Waals surface area contributed by atoms with E-state index in [0.29, 0.717) is 17.7 Å². The number of sulfonamides is 1. The lowest BCUT2D eigenvalue weighted by Gasteiger charge is -2.22. The quantitative estimate of drug-likeness (QED) is 0.424. The van der Waals surface area contributed by atoms with Gasteiger partial charge in [-0.2, -0.15) is 4.31 Å². The number of rotatable bonds is 8. The summed E-state index contributed by atoms with van der Waals surface area (Å²) in [7, 11) is -2.32. The number of methoxy groups -OCH3 is 1. The summed E-state index contributed by atoms with van der Waals surface area (Å²) in [4.78, 5) is 15.9. The number of fused-ring (bicyclic) bond motifs is 1. The fourth-order valence-corrected chi connectivity index (χ4v) is 5.17. The van der Waals surface area contributed by atoms with Crippen LogP contribution in [0.3, 0.4) is 0 Å². The van der Waals surface area contributed by atoms with Crippen LogP contribution in [0.5, 0.6) is 5.75 Å². The number of benzene rings is 3. The highest BCUT2D eigenvalue weighted by molar-refractivity contribution is 7.89. The molecule has 3 aromatic carbocycles. The summed E-state index contributed by atoms with van der Waals surface area (Å²) < 4.78 is 33.6. The van der Waals surface area contributed by atoms with Gasteiger partial charge < -0.3 is 9.72 Å². The van der Waals surface area contributed by atoms with E-state index in [1.807, 2.05) is 55.5 Å².